The van der Waals surface area contributed by atoms with E-state index in [4.69, 9.17) is 24.5 Å². The lowest BCUT2D eigenvalue weighted by molar-refractivity contribution is -0.192. The molecule has 5 N–H and O–H groups in total. The maximum absolute atomic E-state index is 13.2. The molecule has 18 nitrogen and oxygen atoms in total. The molecule has 2 aliphatic carbocycles. The van der Waals surface area contributed by atoms with Crippen LogP contribution >= 0.6 is 31.9 Å². The first-order valence-corrected chi connectivity index (χ1v) is 32.1. The number of sulfone groups is 2. The monoisotopic (exact) mass is 1290 g/mol. The Morgan fingerprint density at radius 2 is 1.10 bits per heavy atom. The zero-order valence-corrected chi connectivity index (χ0v) is 49.7. The van der Waals surface area contributed by atoms with E-state index >= 15 is 0 Å². The number of aliphatic carboxylic acids is 1. The van der Waals surface area contributed by atoms with Crippen molar-refractivity contribution < 1.29 is 58.3 Å². The SMILES string of the molecule is BrCCCCBr.Cc1oc(-c2ccc(C(=O)NCc3cccnc3)cc2)nc1CS(=O)(=O)[C@H]1CC[C@H](N)C1.Cc1oc(-c2ccc(C(=O)NCc3cccnc3)cc2)nc1CS(=O)(=O)[C@H]1CC[C@H](N2CCCC2)C1.O=C(O)C(F)(F)F. The van der Waals surface area contributed by atoms with Crippen LogP contribution in [0.5, 0.6) is 0 Å². The predicted octanol–water partition coefficient (Wildman–Crippen LogP) is 9.87. The van der Waals surface area contributed by atoms with Crippen LogP contribution in [-0.4, -0.2) is 117 Å². The van der Waals surface area contributed by atoms with Gasteiger partial charge in [-0.2, -0.15) is 13.2 Å². The number of nitrogens with one attached hydrogen (secondary N) is 2. The van der Waals surface area contributed by atoms with Crippen LogP contribution in [-0.2, 0) is 49.1 Å². The molecule has 6 aromatic rings. The first-order chi connectivity index (χ1) is 38.6. The topological polar surface area (TPSA) is 271 Å². The number of likely N-dealkylation sites (tertiary alicyclic amines) is 1. The fourth-order valence-electron chi connectivity index (χ4n) is 9.26. The number of aryl methyl sites for hydroxylation is 2. The fraction of sp³-hybridized carbons (Fsp3) is 0.446. The number of aromatic nitrogens is 4. The van der Waals surface area contributed by atoms with E-state index in [0.29, 0.717) is 88.9 Å². The standard InChI is InChI=1S/C27H32N4O4S.C23H26N4O4S.C4H8Br2.C2HF3O2/c1-19-25(18-36(33,34)24-11-10-23(15-24)31-13-2-3-14-31)30-27(35-19)22-8-6-21(7-9-22)26(32)29-17-20-5-4-12-28-16-20;1-15-21(14-32(29,30)20-9-8-19(24)11-20)27-23(31-15)18-6-4-17(5-7-18)22(28)26-13-16-3-2-10-25-12-16;5-3-1-2-4-6;3-2(4,5)1(6)7/h4-9,12,16,23-24H,2-3,10-11,13-15,17-18H2,1H3,(H,29,32);2-7,10,12,19-20H,8-9,11,13-14,24H2,1H3,(H,26,28);1-4H2;(H,6,7)/t23-,24-;19-,20-;;/m00../s1. The number of alkyl halides is 5. The summed E-state index contributed by atoms with van der Waals surface area (Å²) in [5.41, 5.74) is 11.0. The largest absolute Gasteiger partial charge is 0.490 e. The van der Waals surface area contributed by atoms with E-state index < -0.39 is 37.1 Å². The summed E-state index contributed by atoms with van der Waals surface area (Å²) in [5.74, 6) is -1.73. The van der Waals surface area contributed by atoms with Crippen LogP contribution in [0.1, 0.15) is 119 Å². The smallest absolute Gasteiger partial charge is 0.475 e. The maximum atomic E-state index is 13.2. The summed E-state index contributed by atoms with van der Waals surface area (Å²) in [6.07, 6.45) is 10.9. The molecule has 3 aliphatic rings. The van der Waals surface area contributed by atoms with Gasteiger partial charge >= 0.3 is 12.1 Å². The lowest BCUT2D eigenvalue weighted by Crippen LogP contribution is -2.32. The quantitative estimate of drug-likeness (QED) is 0.0460. The number of carboxylic acids is 1. The van der Waals surface area contributed by atoms with Gasteiger partial charge in [0.25, 0.3) is 11.8 Å². The number of benzene rings is 2. The Balaban J connectivity index is 0.000000215. The van der Waals surface area contributed by atoms with Crippen molar-refractivity contribution in [3.63, 3.8) is 0 Å². The van der Waals surface area contributed by atoms with E-state index in [1.807, 2.05) is 24.3 Å². The highest BCUT2D eigenvalue weighted by Crippen LogP contribution is 2.34. The summed E-state index contributed by atoms with van der Waals surface area (Å²) >= 11 is 6.66. The molecule has 3 fully saturated rings. The molecular formula is C56H67Br2F3N8O10S2. The molecule has 9 rings (SSSR count). The molecule has 4 atom stereocenters. The zero-order chi connectivity index (χ0) is 58.7. The van der Waals surface area contributed by atoms with Crippen molar-refractivity contribution in [1.82, 2.24) is 35.5 Å². The van der Waals surface area contributed by atoms with Gasteiger partial charge in [-0.25, -0.2) is 31.6 Å². The Labute approximate surface area is 486 Å². The van der Waals surface area contributed by atoms with Crippen molar-refractivity contribution in [3.05, 3.63) is 143 Å². The number of carboxylic acid groups (broad SMARTS) is 1. The van der Waals surface area contributed by atoms with E-state index in [0.717, 1.165) is 60.6 Å². The number of amides is 2. The van der Waals surface area contributed by atoms with Crippen molar-refractivity contribution in [1.29, 1.82) is 0 Å². The lowest BCUT2D eigenvalue weighted by atomic mass is 10.1. The summed E-state index contributed by atoms with van der Waals surface area (Å²) in [6.45, 7) is 6.43. The Morgan fingerprint density at radius 1 is 0.679 bits per heavy atom. The minimum absolute atomic E-state index is 0.0520. The number of hydrogen-bond acceptors (Lipinski definition) is 15. The molecule has 0 radical (unpaired) electrons. The van der Waals surface area contributed by atoms with Crippen molar-refractivity contribution in [3.8, 4) is 22.9 Å². The molecule has 0 unspecified atom stereocenters. The van der Waals surface area contributed by atoms with Gasteiger partial charge in [0.15, 0.2) is 19.7 Å². The number of pyridine rings is 2. The first-order valence-electron chi connectivity index (χ1n) is 26.4. The van der Waals surface area contributed by atoms with Gasteiger partial charge in [-0.15, -0.1) is 0 Å². The number of unbranched alkanes of at least 4 members (excludes halogenated alkanes) is 1. The lowest BCUT2D eigenvalue weighted by Gasteiger charge is -2.23. The zero-order valence-electron chi connectivity index (χ0n) is 44.9. The molecule has 2 saturated carbocycles. The Kier molecular flexibility index (Phi) is 24.2. The van der Waals surface area contributed by atoms with Gasteiger partial charge in [-0.3, -0.25) is 19.6 Å². The highest BCUT2D eigenvalue weighted by molar-refractivity contribution is 9.09. The highest BCUT2D eigenvalue weighted by atomic mass is 79.9. The average Bonchev–Trinajstić information content (AvgIpc) is 4.35. The van der Waals surface area contributed by atoms with Crippen LogP contribution in [0.25, 0.3) is 22.9 Å². The summed E-state index contributed by atoms with van der Waals surface area (Å²) in [4.78, 5) is 53.2. The average molecular weight is 1290 g/mol. The van der Waals surface area contributed by atoms with E-state index in [1.54, 1.807) is 87.2 Å². The molecule has 438 valence electrons. The first kappa shape index (κ1) is 64.3. The molecule has 5 heterocycles. The van der Waals surface area contributed by atoms with Crippen LogP contribution in [0, 0.1) is 13.8 Å². The number of oxazole rings is 2. The third-order valence-corrected chi connectivity index (χ3v) is 19.2. The number of halogens is 5. The molecular weight excluding hydrogens is 1230 g/mol. The van der Waals surface area contributed by atoms with E-state index in [-0.39, 0.29) is 34.6 Å². The van der Waals surface area contributed by atoms with Crippen LogP contribution in [0.15, 0.2) is 106 Å². The van der Waals surface area contributed by atoms with Gasteiger partial charge in [-0.1, -0.05) is 44.0 Å². The van der Waals surface area contributed by atoms with Gasteiger partial charge in [0.05, 0.1) is 33.4 Å². The number of carbonyl (C=O) groups is 3. The number of nitrogens with two attached hydrogens (primary N) is 1. The van der Waals surface area contributed by atoms with Crippen LogP contribution in [0.2, 0.25) is 0 Å². The van der Waals surface area contributed by atoms with E-state index in [1.165, 1.54) is 25.7 Å². The highest BCUT2D eigenvalue weighted by Gasteiger charge is 2.39. The molecule has 2 amide bonds. The van der Waals surface area contributed by atoms with Crippen LogP contribution in [0.3, 0.4) is 0 Å². The van der Waals surface area contributed by atoms with Crippen molar-refractivity contribution in [2.24, 2.45) is 5.73 Å². The van der Waals surface area contributed by atoms with Gasteiger partial charge in [0, 0.05) is 82.9 Å². The number of nitrogens with zero attached hydrogens (tertiary/aromatic N) is 5. The van der Waals surface area contributed by atoms with Gasteiger partial charge in [0.2, 0.25) is 11.8 Å². The molecule has 1 aliphatic heterocycles. The molecule has 0 bridgehead atoms. The van der Waals surface area contributed by atoms with Gasteiger partial charge in [-0.05, 0) is 163 Å². The third kappa shape index (κ3) is 19.6. The number of rotatable bonds is 18. The Morgan fingerprint density at radius 3 is 1.47 bits per heavy atom. The van der Waals surface area contributed by atoms with Crippen molar-refractivity contribution in [2.75, 3.05) is 23.7 Å². The normalized spacial score (nSPS) is 18.1. The molecule has 4 aromatic heterocycles. The van der Waals surface area contributed by atoms with E-state index in [9.17, 15) is 39.6 Å². The van der Waals surface area contributed by atoms with Crippen LogP contribution < -0.4 is 16.4 Å². The van der Waals surface area contributed by atoms with E-state index in [2.05, 4.69) is 67.3 Å². The Hall–Kier alpha value is -5.86. The van der Waals surface area contributed by atoms with Gasteiger partial charge in [0.1, 0.15) is 11.5 Å². The molecule has 81 heavy (non-hydrogen) atoms. The Bertz CT molecular complexity index is 3200. The molecule has 0 spiro atoms. The summed E-state index contributed by atoms with van der Waals surface area (Å²) in [5, 5.41) is 14.4. The van der Waals surface area contributed by atoms with Gasteiger partial charge < -0.3 is 35.2 Å². The second-order valence-electron chi connectivity index (χ2n) is 19.8. The minimum atomic E-state index is -5.08. The predicted molar refractivity (Wildman–Crippen MR) is 308 cm³/mol. The summed E-state index contributed by atoms with van der Waals surface area (Å²) in [6, 6.07) is 21.6. The second-order valence-corrected chi connectivity index (χ2v) is 26.0. The summed E-state index contributed by atoms with van der Waals surface area (Å²) in [7, 11) is -6.67. The van der Waals surface area contributed by atoms with Crippen molar-refractivity contribution >= 4 is 69.3 Å². The molecule has 1 saturated heterocycles. The molecule has 2 aromatic carbocycles. The maximum Gasteiger partial charge on any atom is 0.490 e. The minimum Gasteiger partial charge on any atom is -0.475 e. The third-order valence-electron chi connectivity index (χ3n) is 13.8. The molecule has 25 heteroatoms. The summed E-state index contributed by atoms with van der Waals surface area (Å²) < 4.78 is 95.2. The van der Waals surface area contributed by atoms with Crippen molar-refractivity contribution in [2.45, 2.75) is 131 Å². The van der Waals surface area contributed by atoms with Crippen LogP contribution in [0.4, 0.5) is 13.2 Å². The second kappa shape index (κ2) is 30.4. The fourth-order valence-corrected chi connectivity index (χ4v) is 13.9. The number of hydrogen-bond donors (Lipinski definition) is 4. The number of carbonyl (C=O) groups excluding carboxylic acids is 2.